The highest BCUT2D eigenvalue weighted by molar-refractivity contribution is 7.17. The van der Waals surface area contributed by atoms with E-state index in [0.29, 0.717) is 12.0 Å². The number of benzene rings is 1. The fourth-order valence-electron chi connectivity index (χ4n) is 3.41. The SMILES string of the molecule is CN(Cc1csc2ccccc12)C1CCCC1CN. The van der Waals surface area contributed by atoms with Crippen LogP contribution in [-0.4, -0.2) is 24.5 Å². The highest BCUT2D eigenvalue weighted by Gasteiger charge is 2.29. The van der Waals surface area contributed by atoms with Crippen LogP contribution in [0.2, 0.25) is 0 Å². The zero-order valence-electron chi connectivity index (χ0n) is 11.5. The lowest BCUT2D eigenvalue weighted by molar-refractivity contribution is 0.193. The molecule has 0 bridgehead atoms. The van der Waals surface area contributed by atoms with E-state index in [2.05, 4.69) is 41.6 Å². The molecule has 1 aliphatic rings. The van der Waals surface area contributed by atoms with Crippen molar-refractivity contribution in [3.63, 3.8) is 0 Å². The van der Waals surface area contributed by atoms with E-state index in [4.69, 9.17) is 5.73 Å². The van der Waals surface area contributed by atoms with Crippen molar-refractivity contribution in [3.05, 3.63) is 35.2 Å². The van der Waals surface area contributed by atoms with Crippen molar-refractivity contribution < 1.29 is 0 Å². The van der Waals surface area contributed by atoms with Crippen LogP contribution < -0.4 is 5.73 Å². The molecule has 2 unspecified atom stereocenters. The van der Waals surface area contributed by atoms with Crippen molar-refractivity contribution in [1.82, 2.24) is 4.90 Å². The second-order valence-corrected chi connectivity index (χ2v) is 6.58. The first-order valence-corrected chi connectivity index (χ1v) is 8.03. The number of rotatable bonds is 4. The van der Waals surface area contributed by atoms with Crippen molar-refractivity contribution in [2.45, 2.75) is 31.8 Å². The molecule has 0 spiro atoms. The maximum absolute atomic E-state index is 5.90. The first kappa shape index (κ1) is 13.1. The van der Waals surface area contributed by atoms with Crippen molar-refractivity contribution >= 4 is 21.4 Å². The molecule has 1 saturated carbocycles. The van der Waals surface area contributed by atoms with Gasteiger partial charge >= 0.3 is 0 Å². The van der Waals surface area contributed by atoms with Gasteiger partial charge < -0.3 is 5.73 Å². The van der Waals surface area contributed by atoms with E-state index in [-0.39, 0.29) is 0 Å². The van der Waals surface area contributed by atoms with Crippen LogP contribution >= 0.6 is 11.3 Å². The van der Waals surface area contributed by atoms with Gasteiger partial charge in [-0.1, -0.05) is 24.6 Å². The van der Waals surface area contributed by atoms with E-state index < -0.39 is 0 Å². The molecule has 19 heavy (non-hydrogen) atoms. The summed E-state index contributed by atoms with van der Waals surface area (Å²) in [5, 5.41) is 3.73. The molecule has 3 rings (SSSR count). The predicted molar refractivity (Wildman–Crippen MR) is 83.5 cm³/mol. The number of thiophene rings is 1. The average Bonchev–Trinajstić information content (AvgIpc) is 3.05. The second kappa shape index (κ2) is 5.61. The molecule has 0 aliphatic heterocycles. The normalized spacial score (nSPS) is 23.5. The summed E-state index contributed by atoms with van der Waals surface area (Å²) in [7, 11) is 2.26. The van der Waals surface area contributed by atoms with Crippen LogP contribution in [0.3, 0.4) is 0 Å². The molecular weight excluding hydrogens is 252 g/mol. The molecular formula is C16H22N2S. The number of nitrogens with two attached hydrogens (primary N) is 1. The summed E-state index contributed by atoms with van der Waals surface area (Å²) in [4.78, 5) is 2.51. The molecule has 2 aromatic rings. The summed E-state index contributed by atoms with van der Waals surface area (Å²) in [5.74, 6) is 0.690. The van der Waals surface area contributed by atoms with Gasteiger partial charge in [0.1, 0.15) is 0 Å². The Bertz CT molecular complexity index is 548. The molecule has 0 radical (unpaired) electrons. The summed E-state index contributed by atoms with van der Waals surface area (Å²) in [6, 6.07) is 9.37. The van der Waals surface area contributed by atoms with Crippen LogP contribution in [0.1, 0.15) is 24.8 Å². The molecule has 0 saturated heterocycles. The van der Waals surface area contributed by atoms with E-state index in [1.54, 1.807) is 0 Å². The number of hydrogen-bond donors (Lipinski definition) is 1. The molecule has 0 amide bonds. The molecule has 2 nitrogen and oxygen atoms in total. The third-order valence-corrected chi connectivity index (χ3v) is 5.48. The standard InChI is InChI=1S/C16H22N2S/c1-18(15-7-4-5-12(15)9-17)10-13-11-19-16-8-3-2-6-14(13)16/h2-3,6,8,11-12,15H,4-5,7,9-10,17H2,1H3. The van der Waals surface area contributed by atoms with Crippen LogP contribution in [-0.2, 0) is 6.54 Å². The second-order valence-electron chi connectivity index (χ2n) is 5.67. The Balaban J connectivity index is 1.77. The van der Waals surface area contributed by atoms with Crippen molar-refractivity contribution in [1.29, 1.82) is 0 Å². The van der Waals surface area contributed by atoms with Gasteiger partial charge in [0.05, 0.1) is 0 Å². The maximum Gasteiger partial charge on any atom is 0.0346 e. The average molecular weight is 274 g/mol. The minimum Gasteiger partial charge on any atom is -0.330 e. The Morgan fingerprint density at radius 2 is 2.16 bits per heavy atom. The minimum atomic E-state index is 0.670. The van der Waals surface area contributed by atoms with E-state index in [9.17, 15) is 0 Å². The number of fused-ring (bicyclic) bond motifs is 1. The third-order valence-electron chi connectivity index (χ3n) is 4.47. The van der Waals surface area contributed by atoms with Gasteiger partial charge in [0.2, 0.25) is 0 Å². The molecule has 1 aromatic heterocycles. The number of hydrogen-bond acceptors (Lipinski definition) is 3. The van der Waals surface area contributed by atoms with Crippen molar-refractivity contribution in [2.24, 2.45) is 11.7 Å². The fourth-order valence-corrected chi connectivity index (χ4v) is 4.37. The molecule has 2 N–H and O–H groups in total. The van der Waals surface area contributed by atoms with Crippen molar-refractivity contribution in [2.75, 3.05) is 13.6 Å². The predicted octanol–water partition coefficient (Wildman–Crippen LogP) is 3.46. The smallest absolute Gasteiger partial charge is 0.0346 e. The zero-order chi connectivity index (χ0) is 13.2. The Labute approximate surface area is 119 Å². The summed E-state index contributed by atoms with van der Waals surface area (Å²) in [6.45, 7) is 1.88. The van der Waals surface area contributed by atoms with Gasteiger partial charge in [-0.15, -0.1) is 11.3 Å². The van der Waals surface area contributed by atoms with E-state index in [0.717, 1.165) is 13.1 Å². The largest absolute Gasteiger partial charge is 0.330 e. The quantitative estimate of drug-likeness (QED) is 0.925. The highest BCUT2D eigenvalue weighted by Crippen LogP contribution is 2.31. The van der Waals surface area contributed by atoms with Crippen LogP contribution in [0.4, 0.5) is 0 Å². The first-order valence-electron chi connectivity index (χ1n) is 7.15. The van der Waals surface area contributed by atoms with Gasteiger partial charge in [-0.25, -0.2) is 0 Å². The lowest BCUT2D eigenvalue weighted by atomic mass is 10.0. The fraction of sp³-hybridized carbons (Fsp3) is 0.500. The molecule has 2 atom stereocenters. The van der Waals surface area contributed by atoms with Crippen LogP contribution in [0.25, 0.3) is 10.1 Å². The minimum absolute atomic E-state index is 0.670. The monoisotopic (exact) mass is 274 g/mol. The Morgan fingerprint density at radius 1 is 1.32 bits per heavy atom. The van der Waals surface area contributed by atoms with Crippen LogP contribution in [0, 0.1) is 5.92 Å². The van der Waals surface area contributed by atoms with E-state index in [1.165, 1.54) is 34.9 Å². The lowest BCUT2D eigenvalue weighted by Gasteiger charge is -2.29. The van der Waals surface area contributed by atoms with E-state index >= 15 is 0 Å². The van der Waals surface area contributed by atoms with E-state index in [1.807, 2.05) is 11.3 Å². The maximum atomic E-state index is 5.90. The molecule has 1 fully saturated rings. The van der Waals surface area contributed by atoms with Gasteiger partial charge in [-0.05, 0) is 54.7 Å². The molecule has 1 aromatic carbocycles. The van der Waals surface area contributed by atoms with Crippen molar-refractivity contribution in [3.8, 4) is 0 Å². The summed E-state index contributed by atoms with van der Waals surface area (Å²) in [6.07, 6.45) is 3.94. The summed E-state index contributed by atoms with van der Waals surface area (Å²) >= 11 is 1.85. The molecule has 1 aliphatic carbocycles. The van der Waals surface area contributed by atoms with Crippen LogP contribution in [0.5, 0.6) is 0 Å². The highest BCUT2D eigenvalue weighted by atomic mass is 32.1. The molecule has 102 valence electrons. The Morgan fingerprint density at radius 3 is 3.00 bits per heavy atom. The topological polar surface area (TPSA) is 29.3 Å². The number of nitrogens with zero attached hydrogens (tertiary/aromatic N) is 1. The van der Waals surface area contributed by atoms with Gasteiger partial charge in [0.25, 0.3) is 0 Å². The van der Waals surface area contributed by atoms with Gasteiger partial charge in [0.15, 0.2) is 0 Å². The Hall–Kier alpha value is -0.900. The van der Waals surface area contributed by atoms with Crippen LogP contribution in [0.15, 0.2) is 29.6 Å². The zero-order valence-corrected chi connectivity index (χ0v) is 12.3. The summed E-state index contributed by atoms with van der Waals surface area (Å²) in [5.41, 5.74) is 7.36. The first-order chi connectivity index (χ1) is 9.29. The van der Waals surface area contributed by atoms with Gasteiger partial charge in [-0.3, -0.25) is 4.90 Å². The molecule has 3 heteroatoms. The van der Waals surface area contributed by atoms with Gasteiger partial charge in [0, 0.05) is 17.3 Å². The Kier molecular flexibility index (Phi) is 3.87. The summed E-state index contributed by atoms with van der Waals surface area (Å²) < 4.78 is 1.40. The lowest BCUT2D eigenvalue weighted by Crippen LogP contribution is -2.37. The third kappa shape index (κ3) is 2.55. The van der Waals surface area contributed by atoms with Gasteiger partial charge in [-0.2, -0.15) is 0 Å². The molecule has 1 heterocycles.